The average Bonchev–Trinajstić information content (AvgIpc) is 3.29. The minimum absolute atomic E-state index is 0.0558. The first-order valence-corrected chi connectivity index (χ1v) is 11.5. The molecule has 0 saturated carbocycles. The van der Waals surface area contributed by atoms with Crippen molar-refractivity contribution in [2.45, 2.75) is 57.2 Å². The maximum Gasteiger partial charge on any atom is 0.410 e. The molecule has 2 N–H and O–H groups in total. The van der Waals surface area contributed by atoms with Crippen molar-refractivity contribution >= 4 is 18.2 Å². The van der Waals surface area contributed by atoms with Crippen LogP contribution in [-0.4, -0.2) is 59.0 Å². The van der Waals surface area contributed by atoms with Gasteiger partial charge >= 0.3 is 18.2 Å². The van der Waals surface area contributed by atoms with Crippen LogP contribution in [-0.2, 0) is 14.3 Å². The predicted octanol–water partition coefficient (Wildman–Crippen LogP) is 4.38. The van der Waals surface area contributed by atoms with Crippen LogP contribution in [0.3, 0.4) is 0 Å². The van der Waals surface area contributed by atoms with Gasteiger partial charge in [0.15, 0.2) is 0 Å². The molecule has 180 valence electrons. The first-order chi connectivity index (χ1) is 16.1. The van der Waals surface area contributed by atoms with Gasteiger partial charge in [0.05, 0.1) is 12.5 Å². The maximum atomic E-state index is 12.6. The molecule has 2 atom stereocenters. The van der Waals surface area contributed by atoms with E-state index in [1.807, 2.05) is 36.4 Å². The molecule has 1 fully saturated rings. The van der Waals surface area contributed by atoms with Crippen LogP contribution in [0.25, 0.3) is 11.1 Å². The molecule has 0 unspecified atom stereocenters. The number of carbonyl (C=O) groups is 3. The number of hydrogen-bond acceptors (Lipinski definition) is 5. The number of aliphatic carboxylic acids is 1. The molecule has 8 nitrogen and oxygen atoms in total. The molecule has 1 saturated heterocycles. The minimum Gasteiger partial charge on any atom is -0.481 e. The van der Waals surface area contributed by atoms with Gasteiger partial charge in [-0.25, -0.2) is 9.59 Å². The molecule has 0 aromatic heterocycles. The number of carboxylic acid groups (broad SMARTS) is 1. The summed E-state index contributed by atoms with van der Waals surface area (Å²) < 4.78 is 11.0. The summed E-state index contributed by atoms with van der Waals surface area (Å²) in [4.78, 5) is 37.9. The van der Waals surface area contributed by atoms with Crippen LogP contribution in [0.2, 0.25) is 0 Å². The fourth-order valence-corrected chi connectivity index (χ4v) is 4.77. The zero-order valence-corrected chi connectivity index (χ0v) is 19.6. The van der Waals surface area contributed by atoms with Crippen LogP contribution in [0.1, 0.15) is 50.7 Å². The average molecular weight is 467 g/mol. The number of amides is 2. The molecule has 0 radical (unpaired) electrons. The molecule has 8 heteroatoms. The standard InChI is InChI=1S/C26H30N2O6/c1-26(2,3)34-25(32)28-14-16(12-17(28)13-23(29)30)27-24(31)33-15-22-20-10-6-4-8-18(20)19-9-5-7-11-21(19)22/h4-11,16-17,22H,12-15H2,1-3H3,(H,27,31)(H,29,30)/t16-,17+/m0/s1. The van der Waals surface area contributed by atoms with E-state index in [0.29, 0.717) is 6.42 Å². The highest BCUT2D eigenvalue weighted by molar-refractivity contribution is 5.79. The molecule has 2 aromatic carbocycles. The first kappa shape index (κ1) is 23.6. The Bertz CT molecular complexity index is 1050. The van der Waals surface area contributed by atoms with Crippen LogP contribution in [0.4, 0.5) is 9.59 Å². The smallest absolute Gasteiger partial charge is 0.410 e. The van der Waals surface area contributed by atoms with E-state index in [-0.39, 0.29) is 25.5 Å². The summed E-state index contributed by atoms with van der Waals surface area (Å²) in [5.41, 5.74) is 3.83. The lowest BCUT2D eigenvalue weighted by Crippen LogP contribution is -2.42. The number of rotatable bonds is 5. The van der Waals surface area contributed by atoms with Crippen LogP contribution in [0.5, 0.6) is 0 Å². The predicted molar refractivity (Wildman–Crippen MR) is 126 cm³/mol. The number of nitrogens with zero attached hydrogens (tertiary/aromatic N) is 1. The Morgan fingerprint density at radius 3 is 2.18 bits per heavy atom. The zero-order chi connectivity index (χ0) is 24.5. The Morgan fingerprint density at radius 2 is 1.62 bits per heavy atom. The molecule has 1 aliphatic heterocycles. The molecule has 2 aromatic rings. The van der Waals surface area contributed by atoms with Crippen molar-refractivity contribution in [1.82, 2.24) is 10.2 Å². The van der Waals surface area contributed by atoms with Crippen molar-refractivity contribution in [2.24, 2.45) is 0 Å². The zero-order valence-electron chi connectivity index (χ0n) is 19.6. The summed E-state index contributed by atoms with van der Waals surface area (Å²) in [5, 5.41) is 12.0. The van der Waals surface area contributed by atoms with E-state index in [0.717, 1.165) is 22.3 Å². The van der Waals surface area contributed by atoms with Gasteiger partial charge in [0.2, 0.25) is 0 Å². The largest absolute Gasteiger partial charge is 0.481 e. The number of benzene rings is 2. The van der Waals surface area contributed by atoms with Gasteiger partial charge in [-0.3, -0.25) is 4.79 Å². The lowest BCUT2D eigenvalue weighted by atomic mass is 9.98. The van der Waals surface area contributed by atoms with Gasteiger partial charge in [-0.2, -0.15) is 0 Å². The van der Waals surface area contributed by atoms with E-state index in [2.05, 4.69) is 17.4 Å². The number of hydrogen-bond donors (Lipinski definition) is 2. The summed E-state index contributed by atoms with van der Waals surface area (Å²) >= 11 is 0. The molecular formula is C26H30N2O6. The molecule has 1 heterocycles. The summed E-state index contributed by atoms with van der Waals surface area (Å²) in [6.45, 7) is 5.59. The molecule has 0 bridgehead atoms. The van der Waals surface area contributed by atoms with Gasteiger partial charge in [-0.1, -0.05) is 48.5 Å². The highest BCUT2D eigenvalue weighted by Crippen LogP contribution is 2.44. The van der Waals surface area contributed by atoms with Crippen molar-refractivity contribution < 1.29 is 29.0 Å². The molecule has 1 aliphatic carbocycles. The monoisotopic (exact) mass is 466 g/mol. The quantitative estimate of drug-likeness (QED) is 0.678. The van der Waals surface area contributed by atoms with Crippen molar-refractivity contribution in [1.29, 1.82) is 0 Å². The topological polar surface area (TPSA) is 105 Å². The molecule has 2 aliphatic rings. The Hall–Kier alpha value is -3.55. The van der Waals surface area contributed by atoms with E-state index in [9.17, 15) is 19.5 Å². The maximum absolute atomic E-state index is 12.6. The van der Waals surface area contributed by atoms with Crippen molar-refractivity contribution in [3.8, 4) is 11.1 Å². The van der Waals surface area contributed by atoms with Crippen LogP contribution in [0, 0.1) is 0 Å². The van der Waals surface area contributed by atoms with Crippen molar-refractivity contribution in [3.05, 3.63) is 59.7 Å². The number of carboxylic acids is 1. The summed E-state index contributed by atoms with van der Waals surface area (Å²) in [6, 6.07) is 15.2. The fraction of sp³-hybridized carbons (Fsp3) is 0.423. The second-order valence-electron chi connectivity index (χ2n) is 9.79. The van der Waals surface area contributed by atoms with E-state index in [1.54, 1.807) is 20.8 Å². The Morgan fingerprint density at radius 1 is 1.03 bits per heavy atom. The molecule has 34 heavy (non-hydrogen) atoms. The van der Waals surface area contributed by atoms with E-state index < -0.39 is 35.8 Å². The lowest BCUT2D eigenvalue weighted by molar-refractivity contribution is -0.138. The first-order valence-electron chi connectivity index (χ1n) is 11.5. The van der Waals surface area contributed by atoms with E-state index >= 15 is 0 Å². The third kappa shape index (κ3) is 5.16. The summed E-state index contributed by atoms with van der Waals surface area (Å²) in [5.74, 6) is -1.07. The number of fused-ring (bicyclic) bond motifs is 3. The fourth-order valence-electron chi connectivity index (χ4n) is 4.77. The SMILES string of the molecule is CC(C)(C)OC(=O)N1C[C@@H](NC(=O)OCC2c3ccccc3-c3ccccc32)C[C@@H]1CC(=O)O. The molecular weight excluding hydrogens is 436 g/mol. The third-order valence-electron chi connectivity index (χ3n) is 6.12. The van der Waals surface area contributed by atoms with Gasteiger partial charge in [-0.15, -0.1) is 0 Å². The highest BCUT2D eigenvalue weighted by atomic mass is 16.6. The van der Waals surface area contributed by atoms with E-state index in [4.69, 9.17) is 9.47 Å². The van der Waals surface area contributed by atoms with Crippen molar-refractivity contribution in [2.75, 3.05) is 13.2 Å². The number of alkyl carbamates (subject to hydrolysis) is 1. The lowest BCUT2D eigenvalue weighted by Gasteiger charge is -2.27. The molecule has 2 amide bonds. The number of likely N-dealkylation sites (tertiary alicyclic amines) is 1. The number of carbonyl (C=O) groups excluding carboxylic acids is 2. The third-order valence-corrected chi connectivity index (χ3v) is 6.12. The number of ether oxygens (including phenoxy) is 2. The molecule has 4 rings (SSSR count). The second-order valence-corrected chi connectivity index (χ2v) is 9.79. The van der Waals surface area contributed by atoms with Gasteiger partial charge in [-0.05, 0) is 49.4 Å². The van der Waals surface area contributed by atoms with Crippen LogP contribution < -0.4 is 5.32 Å². The van der Waals surface area contributed by atoms with Gasteiger partial charge in [0.25, 0.3) is 0 Å². The summed E-state index contributed by atoms with van der Waals surface area (Å²) in [7, 11) is 0. The van der Waals surface area contributed by atoms with Gasteiger partial charge in [0, 0.05) is 18.5 Å². The van der Waals surface area contributed by atoms with Crippen LogP contribution in [0.15, 0.2) is 48.5 Å². The minimum atomic E-state index is -1.01. The van der Waals surface area contributed by atoms with Crippen molar-refractivity contribution in [3.63, 3.8) is 0 Å². The van der Waals surface area contributed by atoms with Gasteiger partial charge in [0.1, 0.15) is 12.2 Å². The Balaban J connectivity index is 1.38. The van der Waals surface area contributed by atoms with Gasteiger partial charge < -0.3 is 24.8 Å². The normalized spacial score (nSPS) is 19.3. The van der Waals surface area contributed by atoms with E-state index in [1.165, 1.54) is 4.90 Å². The van der Waals surface area contributed by atoms with Crippen LogP contribution >= 0.6 is 0 Å². The second kappa shape index (κ2) is 9.37. The summed E-state index contributed by atoms with van der Waals surface area (Å²) in [6.07, 6.45) is -1.08. The highest BCUT2D eigenvalue weighted by Gasteiger charge is 2.39. The molecule has 0 spiro atoms. The number of nitrogens with one attached hydrogen (secondary N) is 1. The Kier molecular flexibility index (Phi) is 6.50. The Labute approximate surface area is 198 Å².